The number of hydrogen-bond acceptors (Lipinski definition) is 4. The standard InChI is InChI=1S/C17H20N2O3S/c1-12-10-13(22-2)11-15(20)19(12)8-7-18-16(21)17(5-6-17)14-4-3-9-23-14/h3-4,9-11H,5-8H2,1-2H3,(H,18,21). The van der Waals surface area contributed by atoms with Gasteiger partial charge < -0.3 is 14.6 Å². The van der Waals surface area contributed by atoms with Gasteiger partial charge in [-0.3, -0.25) is 9.59 Å². The second kappa shape index (κ2) is 6.20. The predicted molar refractivity (Wildman–Crippen MR) is 90.2 cm³/mol. The Morgan fingerprint density at radius 1 is 1.43 bits per heavy atom. The van der Waals surface area contributed by atoms with Crippen molar-refractivity contribution in [3.8, 4) is 5.75 Å². The fourth-order valence-corrected chi connectivity index (χ4v) is 3.80. The first-order valence-electron chi connectivity index (χ1n) is 7.64. The number of amides is 1. The summed E-state index contributed by atoms with van der Waals surface area (Å²) >= 11 is 1.63. The Bertz CT molecular complexity index is 761. The topological polar surface area (TPSA) is 60.3 Å². The molecule has 2 heterocycles. The smallest absolute Gasteiger partial charge is 0.254 e. The van der Waals surface area contributed by atoms with Gasteiger partial charge in [-0.2, -0.15) is 0 Å². The van der Waals surface area contributed by atoms with Crippen LogP contribution >= 0.6 is 11.3 Å². The normalized spacial score (nSPS) is 15.2. The second-order valence-corrected chi connectivity index (χ2v) is 6.79. The monoisotopic (exact) mass is 332 g/mol. The second-order valence-electron chi connectivity index (χ2n) is 5.84. The number of hydrogen-bond donors (Lipinski definition) is 1. The lowest BCUT2D eigenvalue weighted by Gasteiger charge is -2.15. The van der Waals surface area contributed by atoms with E-state index in [1.165, 1.54) is 6.07 Å². The van der Waals surface area contributed by atoms with Crippen LogP contribution in [0.1, 0.15) is 23.4 Å². The van der Waals surface area contributed by atoms with Gasteiger partial charge in [-0.05, 0) is 37.3 Å². The van der Waals surface area contributed by atoms with Gasteiger partial charge in [-0.25, -0.2) is 0 Å². The molecule has 122 valence electrons. The van der Waals surface area contributed by atoms with Crippen molar-refractivity contribution >= 4 is 17.2 Å². The number of nitrogens with one attached hydrogen (secondary N) is 1. The van der Waals surface area contributed by atoms with Crippen LogP contribution in [0.25, 0.3) is 0 Å². The van der Waals surface area contributed by atoms with Crippen LogP contribution in [0.3, 0.4) is 0 Å². The van der Waals surface area contributed by atoms with Gasteiger partial charge in [-0.15, -0.1) is 11.3 Å². The Morgan fingerprint density at radius 3 is 2.78 bits per heavy atom. The summed E-state index contributed by atoms with van der Waals surface area (Å²) in [6.07, 6.45) is 1.81. The summed E-state index contributed by atoms with van der Waals surface area (Å²) < 4.78 is 6.73. The van der Waals surface area contributed by atoms with Gasteiger partial charge in [0, 0.05) is 29.7 Å². The van der Waals surface area contributed by atoms with E-state index in [0.29, 0.717) is 18.8 Å². The molecule has 0 radical (unpaired) electrons. The van der Waals surface area contributed by atoms with Gasteiger partial charge in [0.15, 0.2) is 0 Å². The summed E-state index contributed by atoms with van der Waals surface area (Å²) in [6, 6.07) is 7.28. The van der Waals surface area contributed by atoms with Crippen LogP contribution in [-0.2, 0) is 16.8 Å². The average molecular weight is 332 g/mol. The Labute approximate surface area is 138 Å². The zero-order valence-electron chi connectivity index (χ0n) is 13.3. The zero-order valence-corrected chi connectivity index (χ0v) is 14.1. The third kappa shape index (κ3) is 3.03. The number of rotatable bonds is 6. The molecule has 2 aromatic heterocycles. The highest BCUT2D eigenvalue weighted by Gasteiger charge is 2.51. The first kappa shape index (κ1) is 15.8. The molecule has 0 spiro atoms. The van der Waals surface area contributed by atoms with Gasteiger partial charge in [-0.1, -0.05) is 6.07 Å². The number of aromatic nitrogens is 1. The first-order chi connectivity index (χ1) is 11.1. The van der Waals surface area contributed by atoms with Crippen molar-refractivity contribution in [1.82, 2.24) is 9.88 Å². The van der Waals surface area contributed by atoms with Crippen LogP contribution in [0.4, 0.5) is 0 Å². The van der Waals surface area contributed by atoms with Crippen molar-refractivity contribution in [3.05, 3.63) is 50.6 Å². The molecule has 6 heteroatoms. The molecule has 0 bridgehead atoms. The van der Waals surface area contributed by atoms with E-state index in [-0.39, 0.29) is 16.9 Å². The SMILES string of the molecule is COc1cc(C)n(CCNC(=O)C2(c3cccs3)CC2)c(=O)c1. The number of thiophene rings is 1. The molecule has 0 atom stereocenters. The Kier molecular flexibility index (Phi) is 4.26. The fraction of sp³-hybridized carbons (Fsp3) is 0.412. The van der Waals surface area contributed by atoms with Gasteiger partial charge in [0.25, 0.3) is 5.56 Å². The molecular weight excluding hydrogens is 312 g/mol. The predicted octanol–water partition coefficient (Wildman–Crippen LogP) is 2.07. The quantitative estimate of drug-likeness (QED) is 0.881. The summed E-state index contributed by atoms with van der Waals surface area (Å²) in [7, 11) is 1.54. The van der Waals surface area contributed by atoms with Crippen LogP contribution < -0.4 is 15.6 Å². The number of ether oxygens (including phenoxy) is 1. The minimum Gasteiger partial charge on any atom is -0.496 e. The summed E-state index contributed by atoms with van der Waals surface area (Å²) in [5.74, 6) is 0.626. The van der Waals surface area contributed by atoms with Crippen LogP contribution in [0, 0.1) is 6.92 Å². The molecule has 1 aliphatic rings. The van der Waals surface area contributed by atoms with Crippen molar-refractivity contribution < 1.29 is 9.53 Å². The maximum atomic E-state index is 12.5. The lowest BCUT2D eigenvalue weighted by molar-refractivity contribution is -0.123. The number of pyridine rings is 1. The van der Waals surface area contributed by atoms with Crippen molar-refractivity contribution in [3.63, 3.8) is 0 Å². The summed E-state index contributed by atoms with van der Waals surface area (Å²) in [6.45, 7) is 2.76. The van der Waals surface area contributed by atoms with Crippen LogP contribution in [0.15, 0.2) is 34.4 Å². The molecule has 0 aromatic carbocycles. The number of nitrogens with zero attached hydrogens (tertiary/aromatic N) is 1. The van der Waals surface area contributed by atoms with E-state index in [1.807, 2.05) is 30.5 Å². The molecule has 2 aromatic rings. The van der Waals surface area contributed by atoms with Gasteiger partial charge in [0.05, 0.1) is 12.5 Å². The molecule has 23 heavy (non-hydrogen) atoms. The molecule has 0 aliphatic heterocycles. The zero-order chi connectivity index (χ0) is 16.4. The molecule has 1 fully saturated rings. The minimum atomic E-state index is -0.325. The maximum Gasteiger partial charge on any atom is 0.254 e. The van der Waals surface area contributed by atoms with Crippen molar-refractivity contribution in [2.45, 2.75) is 31.7 Å². The highest BCUT2D eigenvalue weighted by Crippen LogP contribution is 2.50. The minimum absolute atomic E-state index is 0.0687. The third-order valence-corrected chi connectivity index (χ3v) is 5.42. The number of carbonyl (C=O) groups is 1. The highest BCUT2D eigenvalue weighted by atomic mass is 32.1. The fourth-order valence-electron chi connectivity index (χ4n) is 2.81. The summed E-state index contributed by atoms with van der Waals surface area (Å²) in [4.78, 5) is 25.7. The van der Waals surface area contributed by atoms with Crippen LogP contribution in [0.2, 0.25) is 0 Å². The van der Waals surface area contributed by atoms with Gasteiger partial charge in [0.2, 0.25) is 5.91 Å². The molecule has 5 nitrogen and oxygen atoms in total. The average Bonchev–Trinajstić information content (AvgIpc) is 3.16. The lowest BCUT2D eigenvalue weighted by Crippen LogP contribution is -2.37. The van der Waals surface area contributed by atoms with Crippen molar-refractivity contribution in [1.29, 1.82) is 0 Å². The molecular formula is C17H20N2O3S. The Balaban J connectivity index is 1.62. The van der Waals surface area contributed by atoms with Crippen molar-refractivity contribution in [2.75, 3.05) is 13.7 Å². The molecule has 1 aliphatic carbocycles. The first-order valence-corrected chi connectivity index (χ1v) is 8.52. The van der Waals surface area contributed by atoms with E-state index in [4.69, 9.17) is 4.74 Å². The molecule has 1 amide bonds. The molecule has 3 rings (SSSR count). The number of carbonyl (C=O) groups excluding carboxylic acids is 1. The molecule has 0 unspecified atom stereocenters. The lowest BCUT2D eigenvalue weighted by atomic mass is 10.0. The third-order valence-electron chi connectivity index (χ3n) is 4.34. The molecule has 1 N–H and O–H groups in total. The number of methoxy groups -OCH3 is 1. The van der Waals surface area contributed by atoms with E-state index in [0.717, 1.165) is 23.4 Å². The van der Waals surface area contributed by atoms with Gasteiger partial charge in [0.1, 0.15) is 5.75 Å². The largest absolute Gasteiger partial charge is 0.496 e. The Hall–Kier alpha value is -2.08. The van der Waals surface area contributed by atoms with E-state index >= 15 is 0 Å². The Morgan fingerprint density at radius 2 is 2.22 bits per heavy atom. The summed E-state index contributed by atoms with van der Waals surface area (Å²) in [5.41, 5.74) is 0.382. The van der Waals surface area contributed by atoms with Crippen molar-refractivity contribution in [2.24, 2.45) is 0 Å². The highest BCUT2D eigenvalue weighted by molar-refractivity contribution is 7.10. The van der Waals surface area contributed by atoms with Crippen LogP contribution in [0.5, 0.6) is 5.75 Å². The van der Waals surface area contributed by atoms with E-state index in [2.05, 4.69) is 5.32 Å². The summed E-state index contributed by atoms with van der Waals surface area (Å²) in [5, 5.41) is 4.98. The van der Waals surface area contributed by atoms with E-state index < -0.39 is 0 Å². The maximum absolute atomic E-state index is 12.5. The van der Waals surface area contributed by atoms with E-state index in [1.54, 1.807) is 23.0 Å². The molecule has 0 saturated heterocycles. The van der Waals surface area contributed by atoms with Gasteiger partial charge >= 0.3 is 0 Å². The number of aryl methyl sites for hydroxylation is 1. The van der Waals surface area contributed by atoms with Crippen LogP contribution in [-0.4, -0.2) is 24.1 Å². The molecule has 1 saturated carbocycles. The van der Waals surface area contributed by atoms with E-state index in [9.17, 15) is 9.59 Å².